The van der Waals surface area contributed by atoms with E-state index in [1.54, 1.807) is 11.3 Å². The normalized spacial score (nSPS) is 13.0. The van der Waals surface area contributed by atoms with Crippen LogP contribution >= 0.6 is 11.3 Å². The zero-order valence-corrected chi connectivity index (χ0v) is 13.7. The Bertz CT molecular complexity index is 787. The van der Waals surface area contributed by atoms with Gasteiger partial charge in [0.25, 0.3) is 0 Å². The SMILES string of the molecule is Cc1nc(N)c2c(C)c(C)n(C(C)Cc3cccs3)c2n1. The zero-order chi connectivity index (χ0) is 15.1. The molecule has 0 amide bonds. The van der Waals surface area contributed by atoms with Crippen LogP contribution in [0.1, 0.15) is 34.9 Å². The molecule has 1 atom stereocenters. The smallest absolute Gasteiger partial charge is 0.146 e. The van der Waals surface area contributed by atoms with Crippen LogP contribution in [0.3, 0.4) is 0 Å². The molecule has 3 aromatic heterocycles. The second kappa shape index (κ2) is 5.15. The number of thiophene rings is 1. The molecule has 3 rings (SSSR count). The molecular weight excluding hydrogens is 280 g/mol. The van der Waals surface area contributed by atoms with Gasteiger partial charge in [0, 0.05) is 23.0 Å². The summed E-state index contributed by atoms with van der Waals surface area (Å²) in [4.78, 5) is 10.3. The van der Waals surface area contributed by atoms with Crippen LogP contribution in [0, 0.1) is 20.8 Å². The van der Waals surface area contributed by atoms with Gasteiger partial charge in [0.1, 0.15) is 17.3 Å². The predicted octanol–water partition coefficient (Wildman–Crippen LogP) is 3.80. The Kier molecular flexibility index (Phi) is 3.45. The van der Waals surface area contributed by atoms with E-state index in [1.165, 1.54) is 16.1 Å². The van der Waals surface area contributed by atoms with Gasteiger partial charge < -0.3 is 10.3 Å². The third kappa shape index (κ3) is 2.31. The third-order valence-electron chi connectivity index (χ3n) is 4.05. The Morgan fingerprint density at radius 1 is 1.29 bits per heavy atom. The summed E-state index contributed by atoms with van der Waals surface area (Å²) in [7, 11) is 0. The van der Waals surface area contributed by atoms with Crippen LogP contribution in [0.4, 0.5) is 5.82 Å². The average Bonchev–Trinajstić information content (AvgIpc) is 2.97. The van der Waals surface area contributed by atoms with Gasteiger partial charge in [-0.3, -0.25) is 0 Å². The number of aryl methyl sites for hydroxylation is 2. The molecule has 0 aliphatic rings. The number of nitrogen functional groups attached to an aromatic ring is 1. The Morgan fingerprint density at radius 3 is 2.71 bits per heavy atom. The van der Waals surface area contributed by atoms with Crippen LogP contribution in [0.5, 0.6) is 0 Å². The summed E-state index contributed by atoms with van der Waals surface area (Å²) in [6.07, 6.45) is 1.00. The fourth-order valence-electron chi connectivity index (χ4n) is 2.98. The molecule has 0 aliphatic heterocycles. The number of hydrogen-bond donors (Lipinski definition) is 1. The molecule has 4 nitrogen and oxygen atoms in total. The molecule has 0 fully saturated rings. The lowest BCUT2D eigenvalue weighted by molar-refractivity contribution is 0.550. The molecule has 0 spiro atoms. The minimum atomic E-state index is 0.341. The molecular formula is C16H20N4S. The first-order chi connectivity index (χ1) is 9.99. The van der Waals surface area contributed by atoms with Crippen LogP contribution in [0.2, 0.25) is 0 Å². The summed E-state index contributed by atoms with van der Waals surface area (Å²) in [6.45, 7) is 8.36. The highest BCUT2D eigenvalue weighted by molar-refractivity contribution is 7.09. The number of nitrogens with zero attached hydrogens (tertiary/aromatic N) is 3. The van der Waals surface area contributed by atoms with Gasteiger partial charge in [0.05, 0.1) is 5.39 Å². The van der Waals surface area contributed by atoms with E-state index in [9.17, 15) is 0 Å². The second-order valence-electron chi connectivity index (χ2n) is 5.57. The van der Waals surface area contributed by atoms with Gasteiger partial charge in [-0.05, 0) is 44.7 Å². The minimum absolute atomic E-state index is 0.341. The Balaban J connectivity index is 2.15. The average molecular weight is 300 g/mol. The van der Waals surface area contributed by atoms with Gasteiger partial charge in [-0.25, -0.2) is 9.97 Å². The number of aromatic nitrogens is 3. The number of rotatable bonds is 3. The van der Waals surface area contributed by atoms with Gasteiger partial charge >= 0.3 is 0 Å². The van der Waals surface area contributed by atoms with Gasteiger partial charge in [-0.15, -0.1) is 11.3 Å². The fraction of sp³-hybridized carbons (Fsp3) is 0.375. The van der Waals surface area contributed by atoms with Crippen molar-refractivity contribution >= 4 is 28.2 Å². The maximum Gasteiger partial charge on any atom is 0.146 e. The molecule has 3 aromatic rings. The number of anilines is 1. The fourth-order valence-corrected chi connectivity index (χ4v) is 3.81. The van der Waals surface area contributed by atoms with Crippen molar-refractivity contribution in [1.29, 1.82) is 0 Å². The molecule has 21 heavy (non-hydrogen) atoms. The van der Waals surface area contributed by atoms with E-state index in [2.05, 4.69) is 52.8 Å². The molecule has 2 N–H and O–H groups in total. The van der Waals surface area contributed by atoms with E-state index >= 15 is 0 Å². The van der Waals surface area contributed by atoms with Crippen LogP contribution in [0.25, 0.3) is 11.0 Å². The summed E-state index contributed by atoms with van der Waals surface area (Å²) >= 11 is 1.80. The van der Waals surface area contributed by atoms with Crippen LogP contribution in [-0.4, -0.2) is 14.5 Å². The van der Waals surface area contributed by atoms with Gasteiger partial charge in [-0.1, -0.05) is 6.07 Å². The van der Waals surface area contributed by atoms with E-state index in [-0.39, 0.29) is 0 Å². The summed E-state index contributed by atoms with van der Waals surface area (Å²) in [5, 5.41) is 3.12. The van der Waals surface area contributed by atoms with Crippen molar-refractivity contribution in [1.82, 2.24) is 14.5 Å². The van der Waals surface area contributed by atoms with Crippen molar-refractivity contribution in [3.05, 3.63) is 39.5 Å². The first-order valence-corrected chi connectivity index (χ1v) is 8.00. The monoisotopic (exact) mass is 300 g/mol. The third-order valence-corrected chi connectivity index (χ3v) is 4.95. The van der Waals surface area contributed by atoms with Crippen molar-refractivity contribution in [3.63, 3.8) is 0 Å². The Morgan fingerprint density at radius 2 is 2.05 bits per heavy atom. The molecule has 0 aliphatic carbocycles. The van der Waals surface area contributed by atoms with Gasteiger partial charge in [0.15, 0.2) is 0 Å². The quantitative estimate of drug-likeness (QED) is 0.800. The number of hydrogen-bond acceptors (Lipinski definition) is 4. The van der Waals surface area contributed by atoms with Crippen LogP contribution in [-0.2, 0) is 6.42 Å². The Hall–Kier alpha value is -1.88. The maximum absolute atomic E-state index is 6.11. The van der Waals surface area contributed by atoms with E-state index < -0.39 is 0 Å². The van der Waals surface area contributed by atoms with E-state index in [0.717, 1.165) is 23.3 Å². The van der Waals surface area contributed by atoms with Gasteiger partial charge in [0.2, 0.25) is 0 Å². The summed E-state index contributed by atoms with van der Waals surface area (Å²) in [5.41, 5.74) is 9.48. The van der Waals surface area contributed by atoms with Crippen LogP contribution in [0.15, 0.2) is 17.5 Å². The molecule has 110 valence electrons. The second-order valence-corrected chi connectivity index (χ2v) is 6.60. The molecule has 3 heterocycles. The highest BCUT2D eigenvalue weighted by Gasteiger charge is 2.20. The molecule has 1 unspecified atom stereocenters. The van der Waals surface area contributed by atoms with E-state index in [4.69, 9.17) is 5.73 Å². The molecule has 0 aromatic carbocycles. The topological polar surface area (TPSA) is 56.7 Å². The molecule has 0 radical (unpaired) electrons. The lowest BCUT2D eigenvalue weighted by Crippen LogP contribution is -2.10. The van der Waals surface area contributed by atoms with E-state index in [0.29, 0.717) is 11.9 Å². The predicted molar refractivity (Wildman–Crippen MR) is 88.9 cm³/mol. The molecule has 0 saturated heterocycles. The molecule has 0 saturated carbocycles. The molecule has 5 heteroatoms. The van der Waals surface area contributed by atoms with Crippen molar-refractivity contribution < 1.29 is 0 Å². The summed E-state index contributed by atoms with van der Waals surface area (Å²) in [5.74, 6) is 1.31. The number of nitrogens with two attached hydrogens (primary N) is 1. The highest BCUT2D eigenvalue weighted by Crippen LogP contribution is 2.31. The Labute approximate surface area is 128 Å². The minimum Gasteiger partial charge on any atom is -0.383 e. The van der Waals surface area contributed by atoms with Crippen molar-refractivity contribution in [3.8, 4) is 0 Å². The summed E-state index contributed by atoms with van der Waals surface area (Å²) < 4.78 is 2.30. The van der Waals surface area contributed by atoms with Crippen molar-refractivity contribution in [2.24, 2.45) is 0 Å². The lowest BCUT2D eigenvalue weighted by atomic mass is 10.2. The highest BCUT2D eigenvalue weighted by atomic mass is 32.1. The molecule has 0 bridgehead atoms. The largest absolute Gasteiger partial charge is 0.383 e. The number of fused-ring (bicyclic) bond motifs is 1. The first-order valence-electron chi connectivity index (χ1n) is 7.12. The van der Waals surface area contributed by atoms with Crippen LogP contribution < -0.4 is 5.73 Å². The standard InChI is InChI=1S/C16H20N4S/c1-9(8-13-6-5-7-21-13)20-11(3)10(2)14-15(17)18-12(4)19-16(14)20/h5-7,9H,8H2,1-4H3,(H2,17,18,19). The first kappa shape index (κ1) is 14.1. The van der Waals surface area contributed by atoms with Crippen molar-refractivity contribution in [2.45, 2.75) is 40.2 Å². The summed E-state index contributed by atoms with van der Waals surface area (Å²) in [6, 6.07) is 4.63. The van der Waals surface area contributed by atoms with E-state index in [1.807, 2.05) is 6.92 Å². The lowest BCUT2D eigenvalue weighted by Gasteiger charge is -2.16. The maximum atomic E-state index is 6.11. The van der Waals surface area contributed by atoms with Crippen molar-refractivity contribution in [2.75, 3.05) is 5.73 Å². The zero-order valence-electron chi connectivity index (χ0n) is 12.8. The van der Waals surface area contributed by atoms with Gasteiger partial charge in [-0.2, -0.15) is 0 Å².